The minimum absolute atomic E-state index is 0. The molecule has 0 saturated heterocycles. The van der Waals surface area contributed by atoms with Gasteiger partial charge in [0, 0.05) is 33.8 Å². The molecule has 0 saturated carbocycles. The first-order chi connectivity index (χ1) is 8.41. The molecule has 0 N–H and O–H groups in total. The van der Waals surface area contributed by atoms with Gasteiger partial charge in [-0.05, 0) is 0 Å². The van der Waals surface area contributed by atoms with E-state index < -0.39 is 0 Å². The van der Waals surface area contributed by atoms with Crippen molar-refractivity contribution in [2.45, 2.75) is 11.4 Å². The molecule has 7 nitrogen and oxygen atoms in total. The van der Waals surface area contributed by atoms with Crippen LogP contribution in [0.3, 0.4) is 0 Å². The minimum Gasteiger partial charge on any atom is 0 e. The summed E-state index contributed by atoms with van der Waals surface area (Å²) < 4.78 is 52.5. The molecule has 10 heteroatoms. The van der Waals surface area contributed by atoms with Crippen LogP contribution in [-0.2, 0) is 66.4 Å². The molecule has 0 atom stereocenters. The predicted molar refractivity (Wildman–Crippen MR) is 45.0 cm³/mol. The van der Waals surface area contributed by atoms with E-state index in [9.17, 15) is 0 Å². The Kier molecular flexibility index (Phi) is 34700. The Hall–Kier alpha value is -0.236. The van der Waals surface area contributed by atoms with Crippen molar-refractivity contribution in [3.05, 3.63) is 46.6 Å². The van der Waals surface area contributed by atoms with Crippen molar-refractivity contribution in [2.24, 2.45) is 0 Å². The third-order valence-corrected chi connectivity index (χ3v) is 0. The van der Waals surface area contributed by atoms with Crippen LogP contribution in [0.1, 0.15) is 0 Å². The van der Waals surface area contributed by atoms with E-state index in [-0.39, 0.29) is 33.8 Å². The third-order valence-electron chi connectivity index (χ3n) is 0. The molecule has 0 aliphatic carbocycles. The summed E-state index contributed by atoms with van der Waals surface area (Å²) >= 11 is 0.688. The second-order valence-electron chi connectivity index (χ2n) is 0.447. The monoisotopic (exact) mass is 416 g/mol. The summed E-state index contributed by atoms with van der Waals surface area (Å²) in [6.45, 7) is 31.5. The Morgan fingerprint density at radius 3 is 0.474 bits per heavy atom. The zero-order chi connectivity index (χ0) is 16.7. The maximum atomic E-state index is 7.50. The number of rotatable bonds is 0. The van der Waals surface area contributed by atoms with Crippen LogP contribution in [0.4, 0.5) is 0 Å². The van der Waals surface area contributed by atoms with E-state index in [1.165, 1.54) is 0 Å². The molecule has 106 valence electrons. The SMILES string of the molecule is C[As]C.[C-]#[O+].[C-]#[O+].[C-]#[O+].[C-]#[O+].[C-]#[O+].[C-]#[O+].[C-]#[O+].[Co].[Fe]. The van der Waals surface area contributed by atoms with E-state index in [0.717, 1.165) is 0 Å². The minimum atomic E-state index is 0. The maximum absolute atomic E-state index is 7.50. The van der Waals surface area contributed by atoms with E-state index in [4.69, 9.17) is 32.6 Å². The Labute approximate surface area is 140 Å². The predicted octanol–water partition coefficient (Wildman–Crippen LogP) is 0.519. The van der Waals surface area contributed by atoms with Gasteiger partial charge in [-0.2, -0.15) is 0 Å². The molecule has 0 aliphatic rings. The van der Waals surface area contributed by atoms with Crippen LogP contribution in [0.5, 0.6) is 0 Å². The summed E-state index contributed by atoms with van der Waals surface area (Å²) in [5.74, 6) is 0. The van der Waals surface area contributed by atoms with Gasteiger partial charge in [-0.15, -0.1) is 0 Å². The van der Waals surface area contributed by atoms with Crippen molar-refractivity contribution in [2.75, 3.05) is 0 Å². The second-order valence-corrected chi connectivity index (χ2v) is 2.32. The van der Waals surface area contributed by atoms with Crippen LogP contribution in [0.15, 0.2) is 0 Å². The molecule has 0 rings (SSSR count). The molecule has 0 spiro atoms. The first-order valence-electron chi connectivity index (χ1n) is 2.32. The van der Waals surface area contributed by atoms with Gasteiger partial charge in [0.25, 0.3) is 0 Å². The fourth-order valence-electron chi connectivity index (χ4n) is 0. The maximum Gasteiger partial charge on any atom is 0 e. The first kappa shape index (κ1) is 77.1. The summed E-state index contributed by atoms with van der Waals surface area (Å²) in [7, 11) is 0. The van der Waals surface area contributed by atoms with Crippen LogP contribution < -0.4 is 0 Å². The molecular formula is C9H6AsCoFeO7. The number of hydrogen-bond acceptors (Lipinski definition) is 0. The van der Waals surface area contributed by atoms with Gasteiger partial charge in [-0.25, -0.2) is 0 Å². The Morgan fingerprint density at radius 1 is 0.474 bits per heavy atom. The van der Waals surface area contributed by atoms with Gasteiger partial charge >= 0.3 is 106 Å². The molecule has 0 bridgehead atoms. The number of hydrogen-bond donors (Lipinski definition) is 0. The molecule has 0 aliphatic heterocycles. The third kappa shape index (κ3) is 79500. The van der Waals surface area contributed by atoms with E-state index in [1.807, 2.05) is 0 Å². The van der Waals surface area contributed by atoms with Gasteiger partial charge in [-0.3, -0.25) is 0 Å². The van der Waals surface area contributed by atoms with Crippen LogP contribution >= 0.6 is 0 Å². The summed E-state index contributed by atoms with van der Waals surface area (Å²) in [6, 6.07) is 0. The van der Waals surface area contributed by atoms with E-state index in [1.54, 1.807) is 0 Å². The van der Waals surface area contributed by atoms with Crippen molar-refractivity contribution < 1.29 is 66.4 Å². The molecule has 0 heterocycles. The van der Waals surface area contributed by atoms with Crippen molar-refractivity contribution in [3.63, 3.8) is 0 Å². The molecule has 0 fully saturated rings. The normalized spacial score (nSPS) is 1.68. The van der Waals surface area contributed by atoms with Gasteiger partial charge in [0.05, 0.1) is 0 Å². The van der Waals surface area contributed by atoms with Crippen LogP contribution in [0.25, 0.3) is 0 Å². The largest absolute Gasteiger partial charge is 0 e. The molecule has 0 aromatic heterocycles. The summed E-state index contributed by atoms with van der Waals surface area (Å²) in [6.07, 6.45) is 0. The van der Waals surface area contributed by atoms with Gasteiger partial charge < -0.3 is 0 Å². The Balaban J connectivity index is -0.00000000604. The van der Waals surface area contributed by atoms with Gasteiger partial charge in [0.15, 0.2) is 0 Å². The van der Waals surface area contributed by atoms with E-state index in [2.05, 4.69) is 58.0 Å². The van der Waals surface area contributed by atoms with E-state index in [0.29, 0.717) is 15.8 Å². The Morgan fingerprint density at radius 2 is 0.474 bits per heavy atom. The average Bonchev–Trinajstić information content (AvgIpc) is 2.53. The van der Waals surface area contributed by atoms with Gasteiger partial charge in [0.1, 0.15) is 0 Å². The molecule has 19 heavy (non-hydrogen) atoms. The standard InChI is InChI=1S/C2H6As.7CO.Co.Fe/c1-3-2;7*1-2;;/h1-2H3;;;;;;;;;. The van der Waals surface area contributed by atoms with Crippen molar-refractivity contribution >= 4 is 15.8 Å². The molecular weight excluding hydrogens is 410 g/mol. The fraction of sp³-hybridized carbons (Fsp3) is 0.222. The summed E-state index contributed by atoms with van der Waals surface area (Å²) in [4.78, 5) is 0. The molecule has 0 amide bonds. The first-order valence-corrected chi connectivity index (χ1v) is 6.08. The quantitative estimate of drug-likeness (QED) is 0.309. The summed E-state index contributed by atoms with van der Waals surface area (Å²) in [5, 5.41) is 0. The Bertz CT molecular complexity index is 137. The fourth-order valence-corrected chi connectivity index (χ4v) is 0. The van der Waals surface area contributed by atoms with Crippen LogP contribution in [0.2, 0.25) is 11.4 Å². The zero-order valence-corrected chi connectivity index (χ0v) is 13.5. The van der Waals surface area contributed by atoms with Crippen molar-refractivity contribution in [1.82, 2.24) is 0 Å². The van der Waals surface area contributed by atoms with E-state index >= 15 is 0 Å². The molecule has 0 aromatic rings. The van der Waals surface area contributed by atoms with Gasteiger partial charge in [0.2, 0.25) is 0 Å². The topological polar surface area (TPSA) is 139 Å². The molecule has 0 aromatic carbocycles. The second kappa shape index (κ2) is 8540. The van der Waals surface area contributed by atoms with Crippen LogP contribution in [-0.4, -0.2) is 15.8 Å². The average molecular weight is 416 g/mol. The molecule has 2 radical (unpaired) electrons. The summed E-state index contributed by atoms with van der Waals surface area (Å²) in [5.41, 5.74) is 4.44. The zero-order valence-electron chi connectivity index (χ0n) is 9.49. The van der Waals surface area contributed by atoms with Crippen LogP contribution in [0, 0.1) is 46.6 Å². The van der Waals surface area contributed by atoms with Gasteiger partial charge in [-0.1, -0.05) is 0 Å². The smallest absolute Gasteiger partial charge is 0 e. The van der Waals surface area contributed by atoms with Crippen molar-refractivity contribution in [1.29, 1.82) is 0 Å². The molecule has 0 unspecified atom stereocenters. The van der Waals surface area contributed by atoms with Crippen molar-refractivity contribution in [3.8, 4) is 0 Å².